The summed E-state index contributed by atoms with van der Waals surface area (Å²) in [6, 6.07) is 1.81. The molecule has 1 aliphatic heterocycles. The Balaban J connectivity index is 0.000000392. The van der Waals surface area contributed by atoms with Gasteiger partial charge in [0.25, 0.3) is 0 Å². The van der Waals surface area contributed by atoms with Gasteiger partial charge in [-0.15, -0.1) is 0 Å². The number of nitrogens with one attached hydrogen (secondary N) is 1. The summed E-state index contributed by atoms with van der Waals surface area (Å²) in [6.45, 7) is 4.99. The van der Waals surface area contributed by atoms with E-state index in [1.54, 1.807) is 19.2 Å². The molecule has 0 unspecified atom stereocenters. The number of H-pyrrole nitrogens is 1. The smallest absolute Gasteiger partial charge is 0.475 e. The highest BCUT2D eigenvalue weighted by Crippen LogP contribution is 2.38. The van der Waals surface area contributed by atoms with Crippen molar-refractivity contribution in [2.75, 3.05) is 30.3 Å². The van der Waals surface area contributed by atoms with Crippen LogP contribution < -0.4 is 10.6 Å². The van der Waals surface area contributed by atoms with Crippen molar-refractivity contribution in [1.82, 2.24) is 29.9 Å². The number of carbonyl (C=O) groups is 3. The van der Waals surface area contributed by atoms with Crippen molar-refractivity contribution < 1.29 is 60.8 Å². The fraction of sp³-hybridized carbons (Fsp3) is 0.385. The number of aromatic amines is 1. The Bertz CT molecular complexity index is 1830. The fourth-order valence-corrected chi connectivity index (χ4v) is 4.98. The van der Waals surface area contributed by atoms with E-state index in [9.17, 15) is 36.2 Å². The predicted octanol–water partition coefficient (Wildman–Crippen LogP) is 3.80. The Morgan fingerprint density at radius 3 is 2.16 bits per heavy atom. The molecule has 5 heterocycles. The molecule has 0 aliphatic carbocycles. The highest BCUT2D eigenvalue weighted by atomic mass is 35.5. The number of pyridine rings is 1. The molecule has 1 aliphatic rings. The first-order valence-electron chi connectivity index (χ1n) is 13.6. The van der Waals surface area contributed by atoms with Crippen LogP contribution in [0.25, 0.3) is 22.1 Å². The van der Waals surface area contributed by atoms with Crippen molar-refractivity contribution >= 4 is 75.0 Å². The number of nitrogen functional groups attached to an aromatic ring is 1. The highest BCUT2D eigenvalue weighted by molar-refractivity contribution is 7.99. The third-order valence-corrected chi connectivity index (χ3v) is 7.27. The van der Waals surface area contributed by atoms with Gasteiger partial charge in [0.15, 0.2) is 11.0 Å². The van der Waals surface area contributed by atoms with Crippen LogP contribution in [0.5, 0.6) is 0 Å². The molecule has 4 aromatic rings. The molecule has 0 aromatic carbocycles. The molecule has 266 valence electrons. The summed E-state index contributed by atoms with van der Waals surface area (Å²) in [5.74, 6) is -4.80. The number of carbonyl (C=O) groups excluding carboxylic acids is 1. The number of fused-ring (bicyclic) bond motifs is 2. The van der Waals surface area contributed by atoms with E-state index < -0.39 is 36.4 Å². The number of nitrogens with two attached hydrogens (primary N) is 1. The zero-order chi connectivity index (χ0) is 36.8. The van der Waals surface area contributed by atoms with Crippen LogP contribution in [0.1, 0.15) is 25.4 Å². The molecule has 0 bridgehead atoms. The lowest BCUT2D eigenvalue weighted by molar-refractivity contribution is -0.193. The summed E-state index contributed by atoms with van der Waals surface area (Å²) in [7, 11) is 0. The monoisotopic (exact) mass is 742 g/mol. The third-order valence-electron chi connectivity index (χ3n) is 6.02. The number of esters is 1. The molecule has 0 spiro atoms. The molecular formula is C26H25ClF6N8O7S. The first-order valence-corrected chi connectivity index (χ1v) is 14.8. The fourth-order valence-electron chi connectivity index (χ4n) is 3.87. The van der Waals surface area contributed by atoms with Gasteiger partial charge in [-0.2, -0.15) is 26.3 Å². The van der Waals surface area contributed by atoms with E-state index in [0.29, 0.717) is 45.8 Å². The average molecular weight is 743 g/mol. The number of nitrogens with zero attached hydrogens (tertiary/aromatic N) is 6. The number of hydrogen-bond donors (Lipinski definition) is 5. The van der Waals surface area contributed by atoms with Crippen LogP contribution in [0.3, 0.4) is 0 Å². The maximum atomic E-state index is 11.8. The normalized spacial score (nSPS) is 13.2. The van der Waals surface area contributed by atoms with Gasteiger partial charge in [-0.3, -0.25) is 4.79 Å². The molecule has 6 N–H and O–H groups in total. The maximum absolute atomic E-state index is 11.8. The summed E-state index contributed by atoms with van der Waals surface area (Å²) in [5, 5.41) is 25.9. The molecule has 4 aromatic heterocycles. The van der Waals surface area contributed by atoms with Gasteiger partial charge >= 0.3 is 30.3 Å². The van der Waals surface area contributed by atoms with E-state index in [2.05, 4.69) is 24.9 Å². The molecule has 1 saturated heterocycles. The van der Waals surface area contributed by atoms with Gasteiger partial charge < -0.3 is 35.7 Å². The molecule has 5 rings (SSSR count). The minimum atomic E-state index is -5.08. The van der Waals surface area contributed by atoms with E-state index in [1.807, 2.05) is 11.8 Å². The lowest BCUT2D eigenvalue weighted by atomic mass is 10.1. The zero-order valence-corrected chi connectivity index (χ0v) is 26.6. The Morgan fingerprint density at radius 1 is 1.06 bits per heavy atom. The van der Waals surface area contributed by atoms with Gasteiger partial charge in [-0.05, 0) is 31.2 Å². The largest absolute Gasteiger partial charge is 0.490 e. The Labute approximate surface area is 279 Å². The zero-order valence-electron chi connectivity index (χ0n) is 25.1. The Hall–Kier alpha value is -4.70. The second-order valence-electron chi connectivity index (χ2n) is 9.64. The molecular weight excluding hydrogens is 718 g/mol. The van der Waals surface area contributed by atoms with Crippen molar-refractivity contribution in [3.8, 4) is 0 Å². The van der Waals surface area contributed by atoms with Crippen LogP contribution in [-0.2, 0) is 32.0 Å². The second-order valence-corrected chi connectivity index (χ2v) is 11.1. The van der Waals surface area contributed by atoms with Crippen LogP contribution in [0, 0.1) is 0 Å². The first-order chi connectivity index (χ1) is 22.7. The van der Waals surface area contributed by atoms with E-state index in [1.165, 1.54) is 11.8 Å². The number of aromatic nitrogens is 6. The molecule has 49 heavy (non-hydrogen) atoms. The number of aliphatic carboxylic acids is 2. The number of anilines is 2. The topological polar surface area (TPSA) is 231 Å². The van der Waals surface area contributed by atoms with Crippen molar-refractivity contribution in [3.05, 3.63) is 28.8 Å². The molecule has 23 heteroatoms. The first kappa shape index (κ1) is 38.7. The summed E-state index contributed by atoms with van der Waals surface area (Å²) in [6.07, 6.45) is -8.26. The van der Waals surface area contributed by atoms with Crippen LogP contribution in [0.15, 0.2) is 22.3 Å². The van der Waals surface area contributed by atoms with Gasteiger partial charge in [0.05, 0.1) is 28.6 Å². The Kier molecular flexibility index (Phi) is 12.4. The van der Waals surface area contributed by atoms with E-state index >= 15 is 0 Å². The number of halogens is 7. The van der Waals surface area contributed by atoms with Crippen molar-refractivity contribution in [3.63, 3.8) is 0 Å². The number of aryl methyl sites for hydroxylation is 1. The third kappa shape index (κ3) is 10.2. The maximum Gasteiger partial charge on any atom is 0.490 e. The van der Waals surface area contributed by atoms with Gasteiger partial charge in [-0.1, -0.05) is 18.5 Å². The second kappa shape index (κ2) is 15.7. The quantitative estimate of drug-likeness (QED) is 0.103. The van der Waals surface area contributed by atoms with E-state index in [4.69, 9.17) is 46.9 Å². The predicted molar refractivity (Wildman–Crippen MR) is 160 cm³/mol. The standard InChI is InChI=1S/C22H23ClN8O3S.2C2HF3O2/c1-3-12-17(23)16-20(27-12)29-22(30-21(16)31-8-10(32)9-31)35-11-5-13-18(25-7-11)19(24)28-14(26-13)6-15(33)34-4-2;2*3-2(4,5)1(6)7/h5,7,10,32H,3-4,6,8-9H2,1-2H3,(H2,24,26,28)(H,27,29,30);2*(H,6,7). The molecule has 15 nitrogen and oxygen atoms in total. The SMILES string of the molecule is CCOC(=O)Cc1nc(N)c2ncc(Sc3nc(N4CC(O)C4)c4c(Cl)c(CC)[nH]c4n3)cc2n1.O=C(O)C(F)(F)F.O=C(O)C(F)(F)F. The van der Waals surface area contributed by atoms with E-state index in [0.717, 1.165) is 22.4 Å². The number of alkyl halides is 6. The molecule has 0 saturated carbocycles. The van der Waals surface area contributed by atoms with Crippen LogP contribution in [-0.4, -0.2) is 101 Å². The summed E-state index contributed by atoms with van der Waals surface area (Å²) in [5.41, 5.74) is 8.51. The highest BCUT2D eigenvalue weighted by Gasteiger charge is 2.39. The summed E-state index contributed by atoms with van der Waals surface area (Å²) >= 11 is 7.92. The van der Waals surface area contributed by atoms with Crippen molar-refractivity contribution in [2.45, 2.75) is 55.2 Å². The summed E-state index contributed by atoms with van der Waals surface area (Å²) < 4.78 is 68.4. The molecule has 1 fully saturated rings. The number of aliphatic hydroxyl groups excluding tert-OH is 1. The van der Waals surface area contributed by atoms with Crippen LogP contribution >= 0.6 is 23.4 Å². The number of hydrogen-bond acceptors (Lipinski definition) is 13. The molecule has 0 atom stereocenters. The minimum Gasteiger partial charge on any atom is -0.475 e. The number of β-amino-alcohol motifs (C(OH)–C–C–N with tert-alkyl or cyclic N) is 1. The number of carboxylic acid groups (broad SMARTS) is 2. The van der Waals surface area contributed by atoms with Crippen molar-refractivity contribution in [2.24, 2.45) is 0 Å². The van der Waals surface area contributed by atoms with Crippen molar-refractivity contribution in [1.29, 1.82) is 0 Å². The van der Waals surface area contributed by atoms with E-state index in [-0.39, 0.29) is 24.7 Å². The lowest BCUT2D eigenvalue weighted by Crippen LogP contribution is -2.51. The van der Waals surface area contributed by atoms with Crippen LogP contribution in [0.2, 0.25) is 5.02 Å². The molecule has 0 radical (unpaired) electrons. The van der Waals surface area contributed by atoms with Gasteiger partial charge in [-0.25, -0.2) is 34.5 Å². The number of aliphatic hydroxyl groups is 1. The lowest BCUT2D eigenvalue weighted by Gasteiger charge is -2.37. The molecule has 0 amide bonds. The summed E-state index contributed by atoms with van der Waals surface area (Å²) in [4.78, 5) is 58.1. The number of carboxylic acids is 2. The van der Waals surface area contributed by atoms with Gasteiger partial charge in [0, 0.05) is 29.9 Å². The number of ether oxygens (including phenoxy) is 1. The van der Waals surface area contributed by atoms with Gasteiger partial charge in [0.2, 0.25) is 0 Å². The Morgan fingerprint density at radius 2 is 1.65 bits per heavy atom. The minimum absolute atomic E-state index is 0.0798. The number of rotatable bonds is 7. The van der Waals surface area contributed by atoms with Gasteiger partial charge in [0.1, 0.15) is 29.2 Å². The average Bonchev–Trinajstić information content (AvgIpc) is 3.30. The van der Waals surface area contributed by atoms with Crippen LogP contribution in [0.4, 0.5) is 38.0 Å².